The Kier molecular flexibility index (Phi) is 3.99. The molecule has 0 radical (unpaired) electrons. The van der Waals surface area contributed by atoms with Crippen molar-refractivity contribution in [3.8, 4) is 0 Å². The highest BCUT2D eigenvalue weighted by Gasteiger charge is 2.18. The monoisotopic (exact) mass is 344 g/mol. The van der Waals surface area contributed by atoms with Crippen LogP contribution in [0.3, 0.4) is 0 Å². The molecule has 2 aromatic carbocycles. The van der Waals surface area contributed by atoms with E-state index in [0.717, 1.165) is 26.4 Å². The molecule has 0 aliphatic rings. The summed E-state index contributed by atoms with van der Waals surface area (Å²) in [6.07, 6.45) is 3.71. The van der Waals surface area contributed by atoms with Crippen LogP contribution in [0.25, 0.3) is 10.8 Å². The van der Waals surface area contributed by atoms with Crippen molar-refractivity contribution < 1.29 is 4.39 Å². The van der Waals surface area contributed by atoms with E-state index in [1.165, 1.54) is 12.1 Å². The summed E-state index contributed by atoms with van der Waals surface area (Å²) in [5.41, 5.74) is 2.06. The van der Waals surface area contributed by atoms with Gasteiger partial charge in [0.1, 0.15) is 5.82 Å². The average Bonchev–Trinajstić information content (AvgIpc) is 2.50. The molecular weight excluding hydrogens is 331 g/mol. The van der Waals surface area contributed by atoms with Gasteiger partial charge in [-0.15, -0.1) is 0 Å². The van der Waals surface area contributed by atoms with Gasteiger partial charge in [0, 0.05) is 22.3 Å². The molecule has 4 heteroatoms. The quantitative estimate of drug-likeness (QED) is 0.759. The number of hydrogen-bond acceptors (Lipinski definition) is 2. The molecular formula is C17H14BrFN2. The van der Waals surface area contributed by atoms with Gasteiger partial charge in [-0.05, 0) is 35.7 Å². The molecule has 1 atom stereocenters. The van der Waals surface area contributed by atoms with Gasteiger partial charge in [0.25, 0.3) is 0 Å². The molecule has 0 aliphatic heterocycles. The van der Waals surface area contributed by atoms with Crippen LogP contribution in [0.1, 0.15) is 17.2 Å². The van der Waals surface area contributed by atoms with Crippen molar-refractivity contribution in [3.05, 3.63) is 76.3 Å². The molecule has 1 aromatic heterocycles. The number of halogens is 2. The lowest BCUT2D eigenvalue weighted by atomic mass is 9.96. The number of fused-ring (bicyclic) bond motifs is 1. The van der Waals surface area contributed by atoms with Gasteiger partial charge in [0.2, 0.25) is 0 Å². The zero-order chi connectivity index (χ0) is 14.8. The van der Waals surface area contributed by atoms with E-state index in [2.05, 4.69) is 32.3 Å². The third-order valence-electron chi connectivity index (χ3n) is 3.57. The zero-order valence-corrected chi connectivity index (χ0v) is 13.1. The van der Waals surface area contributed by atoms with Crippen molar-refractivity contribution in [1.29, 1.82) is 0 Å². The highest BCUT2D eigenvalue weighted by atomic mass is 79.9. The van der Waals surface area contributed by atoms with Crippen LogP contribution in [0.4, 0.5) is 4.39 Å². The number of rotatable bonds is 3. The molecule has 0 saturated heterocycles. The van der Waals surface area contributed by atoms with Crippen LogP contribution in [-0.2, 0) is 0 Å². The van der Waals surface area contributed by atoms with Crippen molar-refractivity contribution in [1.82, 2.24) is 10.3 Å². The van der Waals surface area contributed by atoms with Crippen molar-refractivity contribution in [2.45, 2.75) is 6.04 Å². The molecule has 0 aliphatic carbocycles. The lowest BCUT2D eigenvalue weighted by Gasteiger charge is -2.20. The molecule has 2 nitrogen and oxygen atoms in total. The lowest BCUT2D eigenvalue weighted by molar-refractivity contribution is 0.622. The van der Waals surface area contributed by atoms with Crippen molar-refractivity contribution in [3.63, 3.8) is 0 Å². The molecule has 21 heavy (non-hydrogen) atoms. The standard InChI is InChI=1S/C17H14BrFN2/c1-20-17(14-7-6-12(19)8-16(14)18)15-10-21-9-11-4-2-3-5-13(11)15/h2-10,17,20H,1H3. The van der Waals surface area contributed by atoms with Crippen LogP contribution in [0.2, 0.25) is 0 Å². The Hall–Kier alpha value is -1.78. The maximum Gasteiger partial charge on any atom is 0.124 e. The first kappa shape index (κ1) is 14.2. The third-order valence-corrected chi connectivity index (χ3v) is 4.26. The molecule has 106 valence electrons. The Balaban J connectivity index is 2.18. The first-order valence-electron chi connectivity index (χ1n) is 6.65. The second-order valence-corrected chi connectivity index (χ2v) is 5.69. The largest absolute Gasteiger partial charge is 0.309 e. The van der Waals surface area contributed by atoms with Crippen LogP contribution in [0, 0.1) is 5.82 Å². The zero-order valence-electron chi connectivity index (χ0n) is 11.5. The fourth-order valence-electron chi connectivity index (χ4n) is 2.58. The smallest absolute Gasteiger partial charge is 0.124 e. The van der Waals surface area contributed by atoms with E-state index in [1.807, 2.05) is 37.6 Å². The van der Waals surface area contributed by atoms with Crippen LogP contribution in [-0.4, -0.2) is 12.0 Å². The van der Waals surface area contributed by atoms with E-state index < -0.39 is 0 Å². The van der Waals surface area contributed by atoms with Gasteiger partial charge >= 0.3 is 0 Å². The maximum absolute atomic E-state index is 13.3. The van der Waals surface area contributed by atoms with Gasteiger partial charge in [-0.25, -0.2) is 4.39 Å². The third kappa shape index (κ3) is 2.69. The van der Waals surface area contributed by atoms with Crippen molar-refractivity contribution >= 4 is 26.7 Å². The Labute approximate surface area is 131 Å². The molecule has 1 N–H and O–H groups in total. The summed E-state index contributed by atoms with van der Waals surface area (Å²) in [6, 6.07) is 12.8. The van der Waals surface area contributed by atoms with Gasteiger partial charge in [-0.1, -0.05) is 46.3 Å². The van der Waals surface area contributed by atoms with E-state index in [9.17, 15) is 4.39 Å². The lowest BCUT2D eigenvalue weighted by Crippen LogP contribution is -2.18. The minimum atomic E-state index is -0.253. The maximum atomic E-state index is 13.3. The summed E-state index contributed by atoms with van der Waals surface area (Å²) >= 11 is 3.45. The number of pyridine rings is 1. The molecule has 3 rings (SSSR count). The molecule has 0 spiro atoms. The second kappa shape index (κ2) is 5.92. The predicted octanol–water partition coefficient (Wildman–Crippen LogP) is 4.45. The molecule has 1 unspecified atom stereocenters. The summed E-state index contributed by atoms with van der Waals surface area (Å²) in [6.45, 7) is 0. The fraction of sp³-hybridized carbons (Fsp3) is 0.118. The predicted molar refractivity (Wildman–Crippen MR) is 86.7 cm³/mol. The van der Waals surface area contributed by atoms with E-state index in [1.54, 1.807) is 6.07 Å². The van der Waals surface area contributed by atoms with Gasteiger partial charge in [0.05, 0.1) is 6.04 Å². The van der Waals surface area contributed by atoms with Gasteiger partial charge in [0.15, 0.2) is 0 Å². The highest BCUT2D eigenvalue weighted by molar-refractivity contribution is 9.10. The van der Waals surface area contributed by atoms with E-state index in [0.29, 0.717) is 0 Å². The minimum Gasteiger partial charge on any atom is -0.309 e. The number of nitrogens with zero attached hydrogens (tertiary/aromatic N) is 1. The average molecular weight is 345 g/mol. The Bertz CT molecular complexity index is 783. The minimum absolute atomic E-state index is 0.0569. The summed E-state index contributed by atoms with van der Waals surface area (Å²) in [7, 11) is 1.89. The Morgan fingerprint density at radius 2 is 1.90 bits per heavy atom. The highest BCUT2D eigenvalue weighted by Crippen LogP contribution is 2.32. The summed E-state index contributed by atoms with van der Waals surface area (Å²) in [5, 5.41) is 5.53. The van der Waals surface area contributed by atoms with Gasteiger partial charge in [-0.3, -0.25) is 4.98 Å². The molecule has 3 aromatic rings. The summed E-state index contributed by atoms with van der Waals surface area (Å²) in [5.74, 6) is -0.253. The topological polar surface area (TPSA) is 24.9 Å². The van der Waals surface area contributed by atoms with Crippen LogP contribution in [0.5, 0.6) is 0 Å². The van der Waals surface area contributed by atoms with Crippen LogP contribution < -0.4 is 5.32 Å². The Morgan fingerprint density at radius 1 is 1.10 bits per heavy atom. The first-order valence-corrected chi connectivity index (χ1v) is 7.45. The first-order chi connectivity index (χ1) is 10.2. The molecule has 1 heterocycles. The van der Waals surface area contributed by atoms with Crippen molar-refractivity contribution in [2.24, 2.45) is 0 Å². The van der Waals surface area contributed by atoms with Crippen LogP contribution in [0.15, 0.2) is 59.3 Å². The van der Waals surface area contributed by atoms with E-state index in [4.69, 9.17) is 0 Å². The Morgan fingerprint density at radius 3 is 2.67 bits per heavy atom. The number of aromatic nitrogens is 1. The molecule has 0 bridgehead atoms. The molecule has 0 amide bonds. The normalized spacial score (nSPS) is 12.5. The molecule has 0 fully saturated rings. The number of hydrogen-bond donors (Lipinski definition) is 1. The van der Waals surface area contributed by atoms with Gasteiger partial charge < -0.3 is 5.32 Å². The van der Waals surface area contributed by atoms with Crippen molar-refractivity contribution in [2.75, 3.05) is 7.05 Å². The number of nitrogens with one attached hydrogen (secondary N) is 1. The second-order valence-electron chi connectivity index (χ2n) is 4.84. The van der Waals surface area contributed by atoms with E-state index in [-0.39, 0.29) is 11.9 Å². The SMILES string of the molecule is CNC(c1ccc(F)cc1Br)c1cncc2ccccc12. The fourth-order valence-corrected chi connectivity index (χ4v) is 3.16. The van der Waals surface area contributed by atoms with Gasteiger partial charge in [-0.2, -0.15) is 0 Å². The number of benzene rings is 2. The summed E-state index contributed by atoms with van der Waals surface area (Å²) < 4.78 is 14.1. The summed E-state index contributed by atoms with van der Waals surface area (Å²) in [4.78, 5) is 4.33. The molecule has 0 saturated carbocycles. The van der Waals surface area contributed by atoms with Crippen LogP contribution >= 0.6 is 15.9 Å². The van der Waals surface area contributed by atoms with E-state index >= 15 is 0 Å².